The van der Waals surface area contributed by atoms with Gasteiger partial charge in [-0.05, 0) is 31.2 Å². The number of hydrogen-bond donors (Lipinski definition) is 2. The summed E-state index contributed by atoms with van der Waals surface area (Å²) in [6.45, 7) is 2.80. The number of rotatable bonds is 7. The van der Waals surface area contributed by atoms with Gasteiger partial charge in [0.1, 0.15) is 0 Å². The lowest BCUT2D eigenvalue weighted by Gasteiger charge is -2.08. The summed E-state index contributed by atoms with van der Waals surface area (Å²) in [6.07, 6.45) is 2.38. The van der Waals surface area contributed by atoms with Crippen LogP contribution in [0.1, 0.15) is 28.3 Å². The van der Waals surface area contributed by atoms with Crippen molar-refractivity contribution >= 4 is 32.7 Å². The Balaban J connectivity index is 1.69. The molecular formula is C13H17N3O2S3. The standard InChI is InChI=1S/C13H17N3O2S3/c1-9-11(20-8-15-9)7-16-21(17,18)13-4-5-19-12(13)6-14-10-2-3-10/h4-5,8,10,14,16H,2-3,6-7H2,1H3. The third-order valence-electron chi connectivity index (χ3n) is 3.39. The first-order valence-corrected chi connectivity index (χ1v) is 9.99. The van der Waals surface area contributed by atoms with Crippen LogP contribution in [0.5, 0.6) is 0 Å². The van der Waals surface area contributed by atoms with E-state index in [4.69, 9.17) is 0 Å². The van der Waals surface area contributed by atoms with Gasteiger partial charge in [-0.1, -0.05) is 0 Å². The van der Waals surface area contributed by atoms with Gasteiger partial charge in [-0.2, -0.15) is 0 Å². The summed E-state index contributed by atoms with van der Waals surface area (Å²) in [7, 11) is -3.47. The van der Waals surface area contributed by atoms with E-state index in [1.807, 2.05) is 12.3 Å². The minimum Gasteiger partial charge on any atom is -0.309 e. The van der Waals surface area contributed by atoms with Gasteiger partial charge in [-0.3, -0.25) is 0 Å². The van der Waals surface area contributed by atoms with Gasteiger partial charge in [0.15, 0.2) is 0 Å². The first kappa shape index (κ1) is 15.1. The summed E-state index contributed by atoms with van der Waals surface area (Å²) in [5.74, 6) is 0. The van der Waals surface area contributed by atoms with Gasteiger partial charge in [0.05, 0.1) is 16.1 Å². The predicted molar refractivity (Wildman–Crippen MR) is 85.1 cm³/mol. The molecule has 2 heterocycles. The summed E-state index contributed by atoms with van der Waals surface area (Å²) in [6, 6.07) is 2.24. The molecule has 8 heteroatoms. The second-order valence-electron chi connectivity index (χ2n) is 5.05. The van der Waals surface area contributed by atoms with Crippen LogP contribution in [0.25, 0.3) is 0 Å². The number of thiophene rings is 1. The number of aryl methyl sites for hydroxylation is 1. The van der Waals surface area contributed by atoms with Crippen LogP contribution in [0.4, 0.5) is 0 Å². The van der Waals surface area contributed by atoms with Crippen LogP contribution in [0.15, 0.2) is 21.9 Å². The van der Waals surface area contributed by atoms with Crippen LogP contribution in [0.2, 0.25) is 0 Å². The highest BCUT2D eigenvalue weighted by Gasteiger charge is 2.24. The van der Waals surface area contributed by atoms with Crippen LogP contribution in [-0.2, 0) is 23.1 Å². The minimum atomic E-state index is -3.47. The number of nitrogens with one attached hydrogen (secondary N) is 2. The van der Waals surface area contributed by atoms with Crippen molar-refractivity contribution < 1.29 is 8.42 Å². The largest absolute Gasteiger partial charge is 0.309 e. The molecule has 2 aromatic rings. The van der Waals surface area contributed by atoms with Crippen molar-refractivity contribution in [3.8, 4) is 0 Å². The van der Waals surface area contributed by atoms with E-state index >= 15 is 0 Å². The van der Waals surface area contributed by atoms with E-state index in [2.05, 4.69) is 15.0 Å². The summed E-state index contributed by atoms with van der Waals surface area (Å²) >= 11 is 2.95. The number of hydrogen-bond acceptors (Lipinski definition) is 6. The number of nitrogens with zero attached hydrogens (tertiary/aromatic N) is 1. The van der Waals surface area contributed by atoms with Gasteiger partial charge in [0, 0.05) is 28.9 Å². The maximum atomic E-state index is 12.4. The van der Waals surface area contributed by atoms with Crippen molar-refractivity contribution in [2.24, 2.45) is 0 Å². The number of sulfonamides is 1. The Morgan fingerprint density at radius 1 is 1.29 bits per heavy atom. The summed E-state index contributed by atoms with van der Waals surface area (Å²) in [4.78, 5) is 6.34. The second kappa shape index (κ2) is 6.13. The lowest BCUT2D eigenvalue weighted by Crippen LogP contribution is -2.25. The summed E-state index contributed by atoms with van der Waals surface area (Å²) in [5, 5.41) is 5.19. The Hall–Kier alpha value is -0.800. The van der Waals surface area contributed by atoms with Gasteiger partial charge in [-0.15, -0.1) is 22.7 Å². The summed E-state index contributed by atoms with van der Waals surface area (Å²) in [5.41, 5.74) is 2.61. The van der Waals surface area contributed by atoms with E-state index in [1.54, 1.807) is 11.6 Å². The van der Waals surface area contributed by atoms with Gasteiger partial charge < -0.3 is 5.32 Å². The molecule has 21 heavy (non-hydrogen) atoms. The van der Waals surface area contributed by atoms with Crippen molar-refractivity contribution in [3.05, 3.63) is 32.4 Å². The maximum Gasteiger partial charge on any atom is 0.242 e. The Kier molecular flexibility index (Phi) is 4.41. The quantitative estimate of drug-likeness (QED) is 0.809. The Bertz CT molecular complexity index is 717. The fourth-order valence-corrected chi connectivity index (χ4v) is 5.15. The van der Waals surface area contributed by atoms with Crippen LogP contribution < -0.4 is 10.0 Å². The lowest BCUT2D eigenvalue weighted by atomic mass is 10.4. The van der Waals surface area contributed by atoms with Gasteiger partial charge in [0.25, 0.3) is 0 Å². The molecule has 2 aromatic heterocycles. The highest BCUT2D eigenvalue weighted by Crippen LogP contribution is 2.25. The zero-order valence-corrected chi connectivity index (χ0v) is 14.1. The molecule has 2 N–H and O–H groups in total. The minimum absolute atomic E-state index is 0.296. The Labute approximate surface area is 132 Å². The van der Waals surface area contributed by atoms with E-state index in [9.17, 15) is 8.42 Å². The van der Waals surface area contributed by atoms with Crippen molar-refractivity contribution in [1.82, 2.24) is 15.0 Å². The van der Waals surface area contributed by atoms with Crippen LogP contribution in [0.3, 0.4) is 0 Å². The molecule has 5 nitrogen and oxygen atoms in total. The zero-order chi connectivity index (χ0) is 14.9. The number of aromatic nitrogens is 1. The molecular weight excluding hydrogens is 326 g/mol. The highest BCUT2D eigenvalue weighted by atomic mass is 32.2. The Morgan fingerprint density at radius 2 is 2.10 bits per heavy atom. The molecule has 0 amide bonds. The Morgan fingerprint density at radius 3 is 2.76 bits per heavy atom. The van der Waals surface area contributed by atoms with Gasteiger partial charge in [-0.25, -0.2) is 18.1 Å². The van der Waals surface area contributed by atoms with E-state index in [0.717, 1.165) is 15.4 Å². The molecule has 3 rings (SSSR count). The van der Waals surface area contributed by atoms with Crippen LogP contribution in [-0.4, -0.2) is 19.4 Å². The molecule has 114 valence electrons. The molecule has 0 spiro atoms. The first-order valence-electron chi connectivity index (χ1n) is 6.74. The fourth-order valence-electron chi connectivity index (χ4n) is 1.96. The van der Waals surface area contributed by atoms with Gasteiger partial charge >= 0.3 is 0 Å². The molecule has 0 unspecified atom stereocenters. The van der Waals surface area contributed by atoms with E-state index in [-0.39, 0.29) is 0 Å². The smallest absolute Gasteiger partial charge is 0.242 e. The predicted octanol–water partition coefficient (Wildman–Crippen LogP) is 2.24. The monoisotopic (exact) mass is 343 g/mol. The third-order valence-corrected chi connectivity index (χ3v) is 6.86. The molecule has 0 aromatic carbocycles. The van der Waals surface area contributed by atoms with Crippen molar-refractivity contribution in [3.63, 3.8) is 0 Å². The molecule has 0 radical (unpaired) electrons. The third kappa shape index (κ3) is 3.70. The van der Waals surface area contributed by atoms with Crippen LogP contribution in [0, 0.1) is 6.92 Å². The molecule has 1 aliphatic carbocycles. The zero-order valence-electron chi connectivity index (χ0n) is 11.6. The molecule has 1 saturated carbocycles. The number of thiazole rings is 1. The van der Waals surface area contributed by atoms with Crippen molar-refractivity contribution in [2.75, 3.05) is 0 Å². The maximum absolute atomic E-state index is 12.4. The average Bonchev–Trinajstić information content (AvgIpc) is 2.98. The second-order valence-corrected chi connectivity index (χ2v) is 8.72. The molecule has 0 saturated heterocycles. The lowest BCUT2D eigenvalue weighted by molar-refractivity contribution is 0.579. The van der Waals surface area contributed by atoms with Crippen molar-refractivity contribution in [2.45, 2.75) is 43.8 Å². The molecule has 1 fully saturated rings. The van der Waals surface area contributed by atoms with Gasteiger partial charge in [0.2, 0.25) is 10.0 Å². The molecule has 0 atom stereocenters. The van der Waals surface area contributed by atoms with Crippen LogP contribution >= 0.6 is 22.7 Å². The topological polar surface area (TPSA) is 71.1 Å². The highest BCUT2D eigenvalue weighted by molar-refractivity contribution is 7.89. The first-order chi connectivity index (χ1) is 10.1. The van der Waals surface area contributed by atoms with E-state index < -0.39 is 10.0 Å². The van der Waals surface area contributed by atoms with Crippen molar-refractivity contribution in [1.29, 1.82) is 0 Å². The molecule has 1 aliphatic rings. The average molecular weight is 343 g/mol. The van der Waals surface area contributed by atoms with E-state index in [0.29, 0.717) is 24.0 Å². The molecule has 0 bridgehead atoms. The van der Waals surface area contributed by atoms with E-state index in [1.165, 1.54) is 35.5 Å². The SMILES string of the molecule is Cc1ncsc1CNS(=O)(=O)c1ccsc1CNC1CC1. The fraction of sp³-hybridized carbons (Fsp3) is 0.462. The normalized spacial score (nSPS) is 15.5. The summed E-state index contributed by atoms with van der Waals surface area (Å²) < 4.78 is 27.5. The molecule has 0 aliphatic heterocycles.